The summed E-state index contributed by atoms with van der Waals surface area (Å²) in [6.45, 7) is 1.13. The molecule has 3 rings (SSSR count). The van der Waals surface area contributed by atoms with Crippen LogP contribution in [-0.4, -0.2) is 22.0 Å². The zero-order valence-corrected chi connectivity index (χ0v) is 13.5. The van der Waals surface area contributed by atoms with Crippen molar-refractivity contribution >= 4 is 28.3 Å². The zero-order chi connectivity index (χ0) is 16.1. The molecule has 1 N–H and O–H groups in total. The molecule has 1 aromatic carbocycles. The minimum atomic E-state index is -0.0165. The molecule has 0 aliphatic rings. The van der Waals surface area contributed by atoms with Crippen LogP contribution in [0, 0.1) is 12.3 Å². The first-order chi connectivity index (χ1) is 11.3. The maximum absolute atomic E-state index is 11.9. The summed E-state index contributed by atoms with van der Waals surface area (Å²) in [4.78, 5) is 17.3. The van der Waals surface area contributed by atoms with E-state index in [1.807, 2.05) is 41.8 Å². The third kappa shape index (κ3) is 3.43. The van der Waals surface area contributed by atoms with Crippen molar-refractivity contribution in [2.45, 2.75) is 19.4 Å². The summed E-state index contributed by atoms with van der Waals surface area (Å²) in [5.41, 5.74) is 2.02. The Morgan fingerprint density at radius 2 is 2.17 bits per heavy atom. The normalized spacial score (nSPS) is 10.6. The average Bonchev–Trinajstić information content (AvgIpc) is 3.20. The van der Waals surface area contributed by atoms with Crippen molar-refractivity contribution in [3.05, 3.63) is 52.5 Å². The van der Waals surface area contributed by atoms with Crippen molar-refractivity contribution in [1.82, 2.24) is 14.9 Å². The number of terminal acetylenes is 1. The summed E-state index contributed by atoms with van der Waals surface area (Å²) in [6, 6.07) is 11.7. The Kier molecular flexibility index (Phi) is 4.74. The first-order valence-electron chi connectivity index (χ1n) is 7.49. The number of benzene rings is 1. The van der Waals surface area contributed by atoms with Gasteiger partial charge in [-0.1, -0.05) is 24.1 Å². The van der Waals surface area contributed by atoms with Crippen LogP contribution in [-0.2, 0) is 13.0 Å². The number of amides is 1. The van der Waals surface area contributed by atoms with E-state index in [0.717, 1.165) is 34.6 Å². The predicted octanol–water partition coefficient (Wildman–Crippen LogP) is 3.09. The van der Waals surface area contributed by atoms with Gasteiger partial charge in [0.25, 0.3) is 5.91 Å². The number of hydrogen-bond acceptors (Lipinski definition) is 3. The van der Waals surface area contributed by atoms with Crippen molar-refractivity contribution < 1.29 is 4.79 Å². The van der Waals surface area contributed by atoms with Crippen LogP contribution in [0.4, 0.5) is 0 Å². The molecule has 0 bridgehead atoms. The number of aromatic nitrogens is 2. The van der Waals surface area contributed by atoms with Crippen LogP contribution in [0.3, 0.4) is 0 Å². The number of aryl methyl sites for hydroxylation is 1. The third-order valence-electron chi connectivity index (χ3n) is 3.59. The van der Waals surface area contributed by atoms with Gasteiger partial charge in [0.1, 0.15) is 5.82 Å². The summed E-state index contributed by atoms with van der Waals surface area (Å²) >= 11 is 1.45. The van der Waals surface area contributed by atoms with E-state index in [1.54, 1.807) is 0 Å². The highest BCUT2D eigenvalue weighted by atomic mass is 32.1. The lowest BCUT2D eigenvalue weighted by Gasteiger charge is -2.06. The fourth-order valence-corrected chi connectivity index (χ4v) is 3.17. The van der Waals surface area contributed by atoms with Crippen LogP contribution in [0.15, 0.2) is 41.8 Å². The van der Waals surface area contributed by atoms with Gasteiger partial charge in [-0.15, -0.1) is 17.8 Å². The van der Waals surface area contributed by atoms with Gasteiger partial charge >= 0.3 is 0 Å². The maximum atomic E-state index is 11.9. The van der Waals surface area contributed by atoms with Gasteiger partial charge in [-0.3, -0.25) is 4.79 Å². The van der Waals surface area contributed by atoms with E-state index in [-0.39, 0.29) is 5.91 Å². The summed E-state index contributed by atoms with van der Waals surface area (Å²) < 4.78 is 2.07. The number of carbonyl (C=O) groups is 1. The molecule has 0 unspecified atom stereocenters. The fourth-order valence-electron chi connectivity index (χ4n) is 2.53. The minimum absolute atomic E-state index is 0.0165. The largest absolute Gasteiger partial charge is 0.351 e. The number of hydrogen-bond donors (Lipinski definition) is 1. The third-order valence-corrected chi connectivity index (χ3v) is 4.46. The number of nitrogens with zero attached hydrogens (tertiary/aromatic N) is 2. The molecule has 0 atom stereocenters. The van der Waals surface area contributed by atoms with E-state index in [4.69, 9.17) is 6.42 Å². The topological polar surface area (TPSA) is 46.9 Å². The number of imidazole rings is 1. The highest BCUT2D eigenvalue weighted by molar-refractivity contribution is 7.12. The molecule has 1 amide bonds. The van der Waals surface area contributed by atoms with Gasteiger partial charge in [-0.25, -0.2) is 4.98 Å². The van der Waals surface area contributed by atoms with Crippen molar-refractivity contribution in [2.75, 3.05) is 6.54 Å². The Bertz CT molecular complexity index is 843. The molecular weight excluding hydrogens is 306 g/mol. The van der Waals surface area contributed by atoms with Gasteiger partial charge in [-0.2, -0.15) is 0 Å². The highest BCUT2D eigenvalue weighted by Crippen LogP contribution is 2.16. The Morgan fingerprint density at radius 3 is 2.96 bits per heavy atom. The Labute approximate surface area is 139 Å². The quantitative estimate of drug-likeness (QED) is 0.560. The van der Waals surface area contributed by atoms with E-state index in [2.05, 4.69) is 20.8 Å². The van der Waals surface area contributed by atoms with Crippen molar-refractivity contribution in [3.63, 3.8) is 0 Å². The maximum Gasteiger partial charge on any atom is 0.261 e. The van der Waals surface area contributed by atoms with E-state index in [1.165, 1.54) is 11.3 Å². The van der Waals surface area contributed by atoms with Crippen LogP contribution in [0.25, 0.3) is 11.0 Å². The van der Waals surface area contributed by atoms with Crippen LogP contribution >= 0.6 is 11.3 Å². The first-order valence-corrected chi connectivity index (χ1v) is 8.37. The molecule has 3 aromatic rings. The summed E-state index contributed by atoms with van der Waals surface area (Å²) in [5.74, 6) is 3.64. The van der Waals surface area contributed by atoms with Crippen molar-refractivity contribution in [2.24, 2.45) is 0 Å². The molecule has 0 radical (unpaired) electrons. The lowest BCUT2D eigenvalue weighted by atomic mass is 10.3. The number of rotatable bonds is 6. The lowest BCUT2D eigenvalue weighted by Crippen LogP contribution is -2.24. The van der Waals surface area contributed by atoms with Gasteiger partial charge in [0, 0.05) is 13.0 Å². The number of thiophene rings is 1. The average molecular weight is 323 g/mol. The SMILES string of the molecule is C#CCn1c(CCCNC(=O)c2cccs2)nc2ccccc21. The van der Waals surface area contributed by atoms with Crippen LogP contribution < -0.4 is 5.32 Å². The predicted molar refractivity (Wildman–Crippen MR) is 93.5 cm³/mol. The van der Waals surface area contributed by atoms with Gasteiger partial charge in [0.2, 0.25) is 0 Å². The molecule has 0 aliphatic carbocycles. The molecule has 2 aromatic heterocycles. The lowest BCUT2D eigenvalue weighted by molar-refractivity contribution is 0.0957. The molecule has 2 heterocycles. The number of carbonyl (C=O) groups excluding carboxylic acids is 1. The number of fused-ring (bicyclic) bond motifs is 1. The summed E-state index contributed by atoms with van der Waals surface area (Å²) in [6.07, 6.45) is 7.08. The van der Waals surface area contributed by atoms with Crippen molar-refractivity contribution in [1.29, 1.82) is 0 Å². The van der Waals surface area contributed by atoms with Crippen LogP contribution in [0.2, 0.25) is 0 Å². The smallest absolute Gasteiger partial charge is 0.261 e. The van der Waals surface area contributed by atoms with Gasteiger partial charge < -0.3 is 9.88 Å². The molecule has 0 fully saturated rings. The van der Waals surface area contributed by atoms with Gasteiger partial charge in [0.15, 0.2) is 0 Å². The number of para-hydroxylation sites is 2. The first kappa shape index (κ1) is 15.3. The number of nitrogens with one attached hydrogen (secondary N) is 1. The Hall–Kier alpha value is -2.58. The molecule has 0 saturated carbocycles. The molecular formula is C18H17N3OS. The van der Waals surface area contributed by atoms with E-state index in [9.17, 15) is 4.79 Å². The Morgan fingerprint density at radius 1 is 1.30 bits per heavy atom. The molecule has 5 heteroatoms. The van der Waals surface area contributed by atoms with Gasteiger partial charge in [0.05, 0.1) is 22.5 Å². The summed E-state index contributed by atoms with van der Waals surface area (Å²) in [5, 5.41) is 4.83. The minimum Gasteiger partial charge on any atom is -0.351 e. The van der Waals surface area contributed by atoms with Crippen LogP contribution in [0.5, 0.6) is 0 Å². The molecule has 116 valence electrons. The highest BCUT2D eigenvalue weighted by Gasteiger charge is 2.10. The Balaban J connectivity index is 1.62. The van der Waals surface area contributed by atoms with E-state index >= 15 is 0 Å². The van der Waals surface area contributed by atoms with E-state index in [0.29, 0.717) is 13.1 Å². The second-order valence-electron chi connectivity index (χ2n) is 5.14. The molecule has 0 saturated heterocycles. The van der Waals surface area contributed by atoms with Crippen molar-refractivity contribution in [3.8, 4) is 12.3 Å². The summed E-state index contributed by atoms with van der Waals surface area (Å²) in [7, 11) is 0. The standard InChI is InChI=1S/C18H17N3OS/c1-2-12-21-15-8-4-3-7-14(15)20-17(21)10-5-11-19-18(22)16-9-6-13-23-16/h1,3-4,6-9,13H,5,10-12H2,(H,19,22). The molecule has 0 spiro atoms. The molecule has 0 aliphatic heterocycles. The van der Waals surface area contributed by atoms with Gasteiger partial charge in [-0.05, 0) is 30.0 Å². The molecule has 23 heavy (non-hydrogen) atoms. The zero-order valence-electron chi connectivity index (χ0n) is 12.7. The van der Waals surface area contributed by atoms with Crippen LogP contribution in [0.1, 0.15) is 21.9 Å². The molecule has 4 nitrogen and oxygen atoms in total. The second kappa shape index (κ2) is 7.12. The fraction of sp³-hybridized carbons (Fsp3) is 0.222. The van der Waals surface area contributed by atoms with E-state index < -0.39 is 0 Å². The monoisotopic (exact) mass is 323 g/mol. The second-order valence-corrected chi connectivity index (χ2v) is 6.09.